The van der Waals surface area contributed by atoms with Gasteiger partial charge >= 0.3 is 0 Å². The highest BCUT2D eigenvalue weighted by Gasteiger charge is 2.67. The molecule has 1 heterocycles. The van der Waals surface area contributed by atoms with Crippen LogP contribution in [0.2, 0.25) is 0 Å². The van der Waals surface area contributed by atoms with Crippen molar-refractivity contribution in [3.63, 3.8) is 0 Å². The first-order valence-corrected chi connectivity index (χ1v) is 8.01. The van der Waals surface area contributed by atoms with Crippen molar-refractivity contribution in [3.8, 4) is 0 Å². The maximum atomic E-state index is 12.0. The lowest BCUT2D eigenvalue weighted by molar-refractivity contribution is 0.0593. The van der Waals surface area contributed by atoms with E-state index in [1.807, 2.05) is 7.05 Å². The molecule has 0 amide bonds. The largest absolute Gasteiger partial charge is 0.289 e. The number of fused-ring (bicyclic) bond motifs is 1. The van der Waals surface area contributed by atoms with E-state index in [1.54, 1.807) is 0 Å². The van der Waals surface area contributed by atoms with Crippen molar-refractivity contribution in [1.82, 2.24) is 4.90 Å². The second-order valence-electron chi connectivity index (χ2n) is 6.64. The molecule has 1 saturated heterocycles. The third-order valence-corrected chi connectivity index (χ3v) is 7.55. The van der Waals surface area contributed by atoms with Gasteiger partial charge in [-0.3, -0.25) is 4.90 Å². The standard InChI is InChI=1S/C12H21NO2S/c1-11(2)9-4-5-12(11)7-16(14,15)8-13(3)10(12)6-9/h9-10H,4-8H2,1-3H3. The van der Waals surface area contributed by atoms with Crippen molar-refractivity contribution in [2.75, 3.05) is 18.7 Å². The second-order valence-corrected chi connectivity index (χ2v) is 8.67. The molecule has 0 aromatic carbocycles. The van der Waals surface area contributed by atoms with Crippen molar-refractivity contribution in [2.24, 2.45) is 16.7 Å². The molecule has 92 valence electrons. The summed E-state index contributed by atoms with van der Waals surface area (Å²) in [6.45, 7) is 4.58. The number of rotatable bonds is 0. The highest BCUT2D eigenvalue weighted by Crippen LogP contribution is 2.68. The Hall–Kier alpha value is -0.0900. The average Bonchev–Trinajstić information content (AvgIpc) is 2.47. The van der Waals surface area contributed by atoms with Gasteiger partial charge in [-0.05, 0) is 37.6 Å². The van der Waals surface area contributed by atoms with Crippen LogP contribution in [0.3, 0.4) is 0 Å². The van der Waals surface area contributed by atoms with Crippen molar-refractivity contribution in [2.45, 2.75) is 39.2 Å². The van der Waals surface area contributed by atoms with Gasteiger partial charge in [0.15, 0.2) is 9.84 Å². The van der Waals surface area contributed by atoms with Gasteiger partial charge in [0.1, 0.15) is 5.88 Å². The molecular formula is C12H21NO2S. The number of nitrogens with zero attached hydrogens (tertiary/aromatic N) is 1. The Morgan fingerprint density at radius 2 is 2.00 bits per heavy atom. The van der Waals surface area contributed by atoms with E-state index in [-0.39, 0.29) is 16.7 Å². The molecule has 0 aromatic heterocycles. The summed E-state index contributed by atoms with van der Waals surface area (Å²) in [6, 6.07) is 0.504. The summed E-state index contributed by atoms with van der Waals surface area (Å²) in [5, 5.41) is 0. The summed E-state index contributed by atoms with van der Waals surface area (Å²) >= 11 is 0. The van der Waals surface area contributed by atoms with Crippen LogP contribution < -0.4 is 0 Å². The van der Waals surface area contributed by atoms with Crippen molar-refractivity contribution >= 4 is 9.84 Å². The van der Waals surface area contributed by atoms with Crippen LogP contribution in [0.1, 0.15) is 33.1 Å². The SMILES string of the molecule is CN1CS(=O)(=O)CC23CCC(CC12)C3(C)C. The predicted octanol–water partition coefficient (Wildman–Crippen LogP) is 1.50. The zero-order valence-corrected chi connectivity index (χ0v) is 11.2. The molecule has 2 saturated carbocycles. The Kier molecular flexibility index (Phi) is 1.95. The van der Waals surface area contributed by atoms with Gasteiger partial charge in [0.2, 0.25) is 0 Å². The summed E-state index contributed by atoms with van der Waals surface area (Å²) < 4.78 is 24.1. The van der Waals surface area contributed by atoms with Crippen molar-refractivity contribution in [1.29, 1.82) is 0 Å². The lowest BCUT2D eigenvalue weighted by atomic mass is 9.68. The van der Waals surface area contributed by atoms with Crippen LogP contribution in [0.5, 0.6) is 0 Å². The monoisotopic (exact) mass is 243 g/mol. The van der Waals surface area contributed by atoms with Crippen molar-refractivity contribution < 1.29 is 8.42 Å². The lowest BCUT2D eigenvalue weighted by Crippen LogP contribution is -2.57. The minimum absolute atomic E-state index is 0.0451. The predicted molar refractivity (Wildman–Crippen MR) is 63.8 cm³/mol. The molecule has 0 radical (unpaired) electrons. The zero-order chi connectivity index (χ0) is 11.8. The first-order chi connectivity index (χ1) is 7.29. The fourth-order valence-corrected chi connectivity index (χ4v) is 7.20. The molecule has 1 aliphatic heterocycles. The quantitative estimate of drug-likeness (QED) is 0.647. The minimum atomic E-state index is -2.88. The molecule has 3 aliphatic rings. The first kappa shape index (κ1) is 11.0. The zero-order valence-electron chi connectivity index (χ0n) is 10.4. The molecule has 3 nitrogen and oxygen atoms in total. The number of hydrogen-bond acceptors (Lipinski definition) is 3. The van der Waals surface area contributed by atoms with Crippen LogP contribution in [0, 0.1) is 16.7 Å². The van der Waals surface area contributed by atoms with Crippen LogP contribution in [-0.2, 0) is 9.84 Å². The van der Waals surface area contributed by atoms with Crippen LogP contribution in [0.4, 0.5) is 0 Å². The Labute approximate surface area is 98.1 Å². The molecule has 16 heavy (non-hydrogen) atoms. The third kappa shape index (κ3) is 1.10. The van der Waals surface area contributed by atoms with Gasteiger partial charge in [-0.15, -0.1) is 0 Å². The fourth-order valence-electron chi connectivity index (χ4n) is 4.82. The molecule has 0 aromatic rings. The van der Waals surface area contributed by atoms with E-state index in [0.717, 1.165) is 12.3 Å². The smallest absolute Gasteiger partial charge is 0.164 e. The van der Waals surface area contributed by atoms with Crippen LogP contribution >= 0.6 is 0 Å². The third-order valence-electron chi connectivity index (χ3n) is 5.80. The average molecular weight is 243 g/mol. The van der Waals surface area contributed by atoms with Gasteiger partial charge in [0.25, 0.3) is 0 Å². The molecule has 2 aliphatic carbocycles. The number of sulfone groups is 1. The van der Waals surface area contributed by atoms with E-state index in [2.05, 4.69) is 18.7 Å². The summed E-state index contributed by atoms with van der Waals surface area (Å²) in [5.74, 6) is 1.43. The summed E-state index contributed by atoms with van der Waals surface area (Å²) in [7, 11) is -0.889. The van der Waals surface area contributed by atoms with Gasteiger partial charge in [0.05, 0.1) is 5.75 Å². The molecule has 3 rings (SSSR count). The summed E-state index contributed by atoms with van der Waals surface area (Å²) in [4.78, 5) is 2.10. The Morgan fingerprint density at radius 3 is 2.62 bits per heavy atom. The van der Waals surface area contributed by atoms with E-state index in [9.17, 15) is 8.42 Å². The molecule has 3 fully saturated rings. The normalized spacial score (nSPS) is 49.2. The molecule has 1 spiro atoms. The maximum absolute atomic E-state index is 12.0. The van der Waals surface area contributed by atoms with E-state index in [0.29, 0.717) is 11.8 Å². The van der Waals surface area contributed by atoms with Gasteiger partial charge in [-0.25, -0.2) is 8.42 Å². The van der Waals surface area contributed by atoms with Gasteiger partial charge in [-0.1, -0.05) is 13.8 Å². The van der Waals surface area contributed by atoms with Crippen molar-refractivity contribution in [3.05, 3.63) is 0 Å². The van der Waals surface area contributed by atoms with Gasteiger partial charge < -0.3 is 0 Å². The highest BCUT2D eigenvalue weighted by molar-refractivity contribution is 7.91. The molecular weight excluding hydrogens is 222 g/mol. The van der Waals surface area contributed by atoms with E-state index < -0.39 is 9.84 Å². The van der Waals surface area contributed by atoms with Crippen LogP contribution in [0.15, 0.2) is 0 Å². The van der Waals surface area contributed by atoms with E-state index >= 15 is 0 Å². The highest BCUT2D eigenvalue weighted by atomic mass is 32.2. The van der Waals surface area contributed by atoms with E-state index in [4.69, 9.17) is 0 Å². The van der Waals surface area contributed by atoms with Gasteiger partial charge in [0, 0.05) is 11.5 Å². The maximum Gasteiger partial charge on any atom is 0.164 e. The second kappa shape index (κ2) is 2.83. The molecule has 3 unspecified atom stereocenters. The molecule has 3 atom stereocenters. The molecule has 4 heteroatoms. The van der Waals surface area contributed by atoms with E-state index in [1.165, 1.54) is 12.8 Å². The minimum Gasteiger partial charge on any atom is -0.289 e. The topological polar surface area (TPSA) is 37.4 Å². The first-order valence-electron chi connectivity index (χ1n) is 6.19. The Bertz CT molecular complexity index is 428. The lowest BCUT2D eigenvalue weighted by Gasteiger charge is -2.49. The van der Waals surface area contributed by atoms with Crippen LogP contribution in [-0.4, -0.2) is 38.0 Å². The Balaban J connectivity index is 2.11. The number of hydrogen-bond donors (Lipinski definition) is 0. The van der Waals surface area contributed by atoms with Gasteiger partial charge in [-0.2, -0.15) is 0 Å². The Morgan fingerprint density at radius 1 is 1.31 bits per heavy atom. The molecule has 2 bridgehead atoms. The van der Waals surface area contributed by atoms with Crippen LogP contribution in [0.25, 0.3) is 0 Å². The summed E-state index contributed by atoms with van der Waals surface area (Å²) in [5.41, 5.74) is 0.253. The fraction of sp³-hybridized carbons (Fsp3) is 1.00. The summed E-state index contributed by atoms with van der Waals surface area (Å²) in [6.07, 6.45) is 3.55. The molecule has 0 N–H and O–H groups in total.